The molecule has 2 aromatic heterocycles. The summed E-state index contributed by atoms with van der Waals surface area (Å²) in [6.45, 7) is 1.40. The van der Waals surface area contributed by atoms with Crippen molar-refractivity contribution in [3.8, 4) is 0 Å². The first-order valence-corrected chi connectivity index (χ1v) is 8.37. The van der Waals surface area contributed by atoms with E-state index in [1.54, 1.807) is 12.3 Å². The molecule has 1 aliphatic rings. The van der Waals surface area contributed by atoms with E-state index in [0.29, 0.717) is 18.7 Å². The number of nitrogens with one attached hydrogen (secondary N) is 1. The normalized spacial score (nSPS) is 16.0. The number of H-pyrrole nitrogens is 1. The van der Waals surface area contributed by atoms with Gasteiger partial charge in [0.05, 0.1) is 5.56 Å². The minimum absolute atomic E-state index is 0.0491. The number of nitrogens with zero attached hydrogens (tertiary/aromatic N) is 4. The molecule has 116 valence electrons. The van der Waals surface area contributed by atoms with E-state index in [0.717, 1.165) is 23.7 Å². The fourth-order valence-electron chi connectivity index (χ4n) is 2.71. The summed E-state index contributed by atoms with van der Waals surface area (Å²) in [5.74, 6) is 1.42. The van der Waals surface area contributed by atoms with Gasteiger partial charge >= 0.3 is 0 Å². The monoisotopic (exact) mass is 318 g/mol. The van der Waals surface area contributed by atoms with E-state index < -0.39 is 0 Å². The Hall–Kier alpha value is -2.09. The number of thioether (sulfide) groups is 1. The summed E-state index contributed by atoms with van der Waals surface area (Å²) < 4.78 is 0. The van der Waals surface area contributed by atoms with Crippen LogP contribution in [0, 0.1) is 0 Å². The highest BCUT2D eigenvalue weighted by atomic mass is 32.2. The van der Waals surface area contributed by atoms with Gasteiger partial charge in [0.15, 0.2) is 0 Å². The van der Waals surface area contributed by atoms with Crippen LogP contribution in [-0.4, -0.2) is 50.3 Å². The molecule has 3 rings (SSSR count). The zero-order valence-corrected chi connectivity index (χ0v) is 13.1. The summed E-state index contributed by atoms with van der Waals surface area (Å²) in [5, 5.41) is 7.51. The van der Waals surface area contributed by atoms with Crippen LogP contribution in [0.1, 0.15) is 34.9 Å². The van der Waals surface area contributed by atoms with Gasteiger partial charge in [-0.05, 0) is 31.2 Å². The van der Waals surface area contributed by atoms with Gasteiger partial charge in [0, 0.05) is 25.2 Å². The average Bonchev–Trinajstić information content (AvgIpc) is 3.01. The van der Waals surface area contributed by atoms with Crippen molar-refractivity contribution in [1.29, 1.82) is 0 Å². The maximum Gasteiger partial charge on any atom is 0.256 e. The minimum atomic E-state index is 0.0491. The van der Waals surface area contributed by atoms with Crippen molar-refractivity contribution >= 4 is 23.6 Å². The SMILES string of the molecule is CSc1ncccc1C(=O)N1CCC(c2nc(N)n[nH]2)CC1. The second-order valence-electron chi connectivity index (χ2n) is 5.21. The number of aromatic amines is 1. The fourth-order valence-corrected chi connectivity index (χ4v) is 3.25. The van der Waals surface area contributed by atoms with Gasteiger partial charge in [-0.2, -0.15) is 4.98 Å². The highest BCUT2D eigenvalue weighted by molar-refractivity contribution is 7.98. The van der Waals surface area contributed by atoms with Crippen LogP contribution < -0.4 is 5.73 Å². The Morgan fingerprint density at radius 1 is 1.45 bits per heavy atom. The highest BCUT2D eigenvalue weighted by Crippen LogP contribution is 2.27. The van der Waals surface area contributed by atoms with E-state index in [1.165, 1.54) is 11.8 Å². The predicted octanol–water partition coefficient (Wildman–Crippen LogP) is 1.52. The largest absolute Gasteiger partial charge is 0.367 e. The molecule has 7 nitrogen and oxygen atoms in total. The van der Waals surface area contributed by atoms with Crippen molar-refractivity contribution in [2.45, 2.75) is 23.8 Å². The van der Waals surface area contributed by atoms with Crippen LogP contribution in [0.4, 0.5) is 5.95 Å². The second-order valence-corrected chi connectivity index (χ2v) is 6.00. The van der Waals surface area contributed by atoms with Crippen molar-refractivity contribution < 1.29 is 4.79 Å². The maximum absolute atomic E-state index is 12.6. The molecule has 1 fully saturated rings. The zero-order valence-electron chi connectivity index (χ0n) is 12.3. The Morgan fingerprint density at radius 3 is 2.86 bits per heavy atom. The first kappa shape index (κ1) is 14.8. The van der Waals surface area contributed by atoms with Crippen molar-refractivity contribution in [3.05, 3.63) is 29.7 Å². The predicted molar refractivity (Wildman–Crippen MR) is 84.7 cm³/mol. The first-order chi connectivity index (χ1) is 10.7. The van der Waals surface area contributed by atoms with Crippen LogP contribution >= 0.6 is 11.8 Å². The Morgan fingerprint density at radius 2 is 2.23 bits per heavy atom. The van der Waals surface area contributed by atoms with Gasteiger partial charge in [-0.1, -0.05) is 0 Å². The van der Waals surface area contributed by atoms with Gasteiger partial charge < -0.3 is 10.6 Å². The van der Waals surface area contributed by atoms with E-state index in [9.17, 15) is 4.79 Å². The Bertz CT molecular complexity index is 665. The van der Waals surface area contributed by atoms with Crippen LogP contribution in [0.15, 0.2) is 23.4 Å². The third-order valence-corrected chi connectivity index (χ3v) is 4.60. The molecular formula is C14H18N6OS. The number of nitrogens with two attached hydrogens (primary N) is 1. The molecule has 2 aromatic rings. The molecule has 1 saturated heterocycles. The lowest BCUT2D eigenvalue weighted by Gasteiger charge is -2.31. The van der Waals surface area contributed by atoms with Gasteiger partial charge in [-0.15, -0.1) is 16.9 Å². The van der Waals surface area contributed by atoms with Gasteiger partial charge in [-0.25, -0.2) is 4.98 Å². The lowest BCUT2D eigenvalue weighted by molar-refractivity contribution is 0.0707. The Labute approximate surface area is 132 Å². The van der Waals surface area contributed by atoms with Gasteiger partial charge in [0.25, 0.3) is 5.91 Å². The molecule has 0 saturated carbocycles. The quantitative estimate of drug-likeness (QED) is 0.832. The molecule has 0 aromatic carbocycles. The molecule has 1 amide bonds. The molecular weight excluding hydrogens is 300 g/mol. The number of rotatable bonds is 3. The molecule has 0 unspecified atom stereocenters. The summed E-state index contributed by atoms with van der Waals surface area (Å²) >= 11 is 1.49. The van der Waals surface area contributed by atoms with Gasteiger partial charge in [-0.3, -0.25) is 9.89 Å². The molecule has 0 bridgehead atoms. The van der Waals surface area contributed by atoms with Gasteiger partial charge in [0.1, 0.15) is 10.9 Å². The standard InChI is InChI=1S/C14H18N6OS/c1-22-12-10(3-2-6-16-12)13(21)20-7-4-9(5-8-20)11-17-14(15)19-18-11/h2-3,6,9H,4-5,7-8H2,1H3,(H3,15,17,18,19). The number of anilines is 1. The molecule has 22 heavy (non-hydrogen) atoms. The van der Waals surface area contributed by atoms with Gasteiger partial charge in [0.2, 0.25) is 5.95 Å². The minimum Gasteiger partial charge on any atom is -0.367 e. The Balaban J connectivity index is 1.67. The molecule has 1 aliphatic heterocycles. The number of piperidine rings is 1. The van der Waals surface area contributed by atoms with Crippen LogP contribution in [0.25, 0.3) is 0 Å². The number of carbonyl (C=O) groups is 1. The average molecular weight is 318 g/mol. The number of aromatic nitrogens is 4. The van der Waals surface area contributed by atoms with E-state index in [4.69, 9.17) is 5.73 Å². The third-order valence-electron chi connectivity index (χ3n) is 3.88. The summed E-state index contributed by atoms with van der Waals surface area (Å²) in [6.07, 6.45) is 5.35. The molecule has 3 N–H and O–H groups in total. The molecule has 0 atom stereocenters. The maximum atomic E-state index is 12.6. The Kier molecular flexibility index (Phi) is 4.28. The van der Waals surface area contributed by atoms with Crippen LogP contribution in [-0.2, 0) is 0 Å². The van der Waals surface area contributed by atoms with E-state index in [2.05, 4.69) is 20.2 Å². The first-order valence-electron chi connectivity index (χ1n) is 7.15. The van der Waals surface area contributed by atoms with Crippen LogP contribution in [0.2, 0.25) is 0 Å². The van der Waals surface area contributed by atoms with Crippen LogP contribution in [0.5, 0.6) is 0 Å². The number of hydrogen-bond acceptors (Lipinski definition) is 6. The van der Waals surface area contributed by atoms with Crippen molar-refractivity contribution in [2.24, 2.45) is 0 Å². The lowest BCUT2D eigenvalue weighted by atomic mass is 9.96. The van der Waals surface area contributed by atoms with Crippen molar-refractivity contribution in [1.82, 2.24) is 25.1 Å². The number of amides is 1. The lowest BCUT2D eigenvalue weighted by Crippen LogP contribution is -2.38. The fraction of sp³-hybridized carbons (Fsp3) is 0.429. The summed E-state index contributed by atoms with van der Waals surface area (Å²) in [5.41, 5.74) is 6.22. The number of likely N-dealkylation sites (tertiary alicyclic amines) is 1. The topological polar surface area (TPSA) is 101 Å². The smallest absolute Gasteiger partial charge is 0.256 e. The molecule has 0 radical (unpaired) electrons. The number of pyridine rings is 1. The van der Waals surface area contributed by atoms with Crippen molar-refractivity contribution in [3.63, 3.8) is 0 Å². The van der Waals surface area contributed by atoms with E-state index in [1.807, 2.05) is 17.2 Å². The highest BCUT2D eigenvalue weighted by Gasteiger charge is 2.27. The number of nitrogen functional groups attached to an aromatic ring is 1. The summed E-state index contributed by atoms with van der Waals surface area (Å²) in [4.78, 5) is 23.0. The van der Waals surface area contributed by atoms with E-state index in [-0.39, 0.29) is 17.8 Å². The molecule has 3 heterocycles. The number of hydrogen-bond donors (Lipinski definition) is 2. The zero-order chi connectivity index (χ0) is 15.5. The molecule has 0 spiro atoms. The third kappa shape index (κ3) is 2.92. The second kappa shape index (κ2) is 6.35. The van der Waals surface area contributed by atoms with Crippen molar-refractivity contribution in [2.75, 3.05) is 25.1 Å². The van der Waals surface area contributed by atoms with E-state index >= 15 is 0 Å². The van der Waals surface area contributed by atoms with Crippen LogP contribution in [0.3, 0.4) is 0 Å². The molecule has 0 aliphatic carbocycles. The summed E-state index contributed by atoms with van der Waals surface area (Å²) in [6, 6.07) is 3.64. The number of carbonyl (C=O) groups excluding carboxylic acids is 1. The molecule has 8 heteroatoms. The summed E-state index contributed by atoms with van der Waals surface area (Å²) in [7, 11) is 0.